The molecule has 0 bridgehead atoms. The van der Waals surface area contributed by atoms with Gasteiger partial charge >= 0.3 is 0 Å². The molecule has 0 spiro atoms. The Bertz CT molecular complexity index is 570. The van der Waals surface area contributed by atoms with Crippen LogP contribution in [0.4, 0.5) is 0 Å². The first-order valence-electron chi connectivity index (χ1n) is 7.02. The molecule has 1 atom stereocenters. The molecular weight excluding hydrogens is 292 g/mol. The van der Waals surface area contributed by atoms with Crippen LogP contribution in [0.2, 0.25) is 0 Å². The van der Waals surface area contributed by atoms with Crippen molar-refractivity contribution in [1.82, 2.24) is 19.5 Å². The van der Waals surface area contributed by atoms with Crippen molar-refractivity contribution in [3.05, 3.63) is 18.0 Å². The number of morpholine rings is 1. The van der Waals surface area contributed by atoms with Gasteiger partial charge in [0.1, 0.15) is 0 Å². The normalized spacial score (nSPS) is 20.8. The van der Waals surface area contributed by atoms with Gasteiger partial charge in [-0.2, -0.15) is 0 Å². The van der Waals surface area contributed by atoms with Crippen LogP contribution in [0.15, 0.2) is 17.2 Å². The van der Waals surface area contributed by atoms with Gasteiger partial charge < -0.3 is 19.5 Å². The fourth-order valence-corrected chi connectivity index (χ4v) is 3.52. The number of likely N-dealkylation sites (N-methyl/N-ethyl adjacent to an activating group) is 1. The average molecular weight is 316 g/mol. The van der Waals surface area contributed by atoms with Gasteiger partial charge in [-0.3, -0.25) is 0 Å². The van der Waals surface area contributed by atoms with Crippen molar-refractivity contribution in [2.75, 3.05) is 40.3 Å². The Morgan fingerprint density at radius 1 is 1.43 bits per heavy atom. The first-order chi connectivity index (χ1) is 9.92. The highest BCUT2D eigenvalue weighted by Crippen LogP contribution is 2.13. The van der Waals surface area contributed by atoms with Crippen LogP contribution >= 0.6 is 0 Å². The van der Waals surface area contributed by atoms with E-state index in [2.05, 4.69) is 14.9 Å². The largest absolute Gasteiger partial charge is 0.374 e. The number of hydrogen-bond donors (Lipinski definition) is 2. The predicted octanol–water partition coefficient (Wildman–Crippen LogP) is -0.647. The smallest absolute Gasteiger partial charge is 0.242 e. The second kappa shape index (κ2) is 6.89. The average Bonchev–Trinajstić information content (AvgIpc) is 2.80. The molecule has 0 aliphatic carbocycles. The van der Waals surface area contributed by atoms with E-state index in [1.165, 1.54) is 0 Å². The quantitative estimate of drug-likeness (QED) is 0.730. The summed E-state index contributed by atoms with van der Waals surface area (Å²) in [4.78, 5) is 2.43. The Morgan fingerprint density at radius 2 is 2.19 bits per heavy atom. The van der Waals surface area contributed by atoms with Gasteiger partial charge in [-0.15, -0.1) is 0 Å². The minimum absolute atomic E-state index is 0.0981. The van der Waals surface area contributed by atoms with Gasteiger partial charge in [0.05, 0.1) is 17.6 Å². The molecule has 0 amide bonds. The molecule has 0 aromatic carbocycles. The topological polar surface area (TPSA) is 75.6 Å². The Labute approximate surface area is 126 Å². The van der Waals surface area contributed by atoms with Gasteiger partial charge in [0.2, 0.25) is 10.0 Å². The molecule has 0 radical (unpaired) electrons. The Hall–Kier alpha value is -0.930. The third kappa shape index (κ3) is 4.27. The number of ether oxygens (including phenoxy) is 1. The number of nitrogens with zero attached hydrogens (tertiary/aromatic N) is 2. The van der Waals surface area contributed by atoms with Gasteiger partial charge in [0.15, 0.2) is 0 Å². The summed E-state index contributed by atoms with van der Waals surface area (Å²) in [6.07, 6.45) is 1.53. The van der Waals surface area contributed by atoms with Gasteiger partial charge in [-0.05, 0) is 20.2 Å². The molecule has 1 unspecified atom stereocenters. The van der Waals surface area contributed by atoms with E-state index in [0.717, 1.165) is 18.8 Å². The lowest BCUT2D eigenvalue weighted by Crippen LogP contribution is -2.45. The van der Waals surface area contributed by atoms with E-state index >= 15 is 0 Å². The SMILES string of the molecule is CNCc1cc(S(=O)(=O)NCC2CN(C)CCO2)cn1C. The summed E-state index contributed by atoms with van der Waals surface area (Å²) in [5.41, 5.74) is 0.923. The fourth-order valence-electron chi connectivity index (χ4n) is 2.36. The molecule has 1 aromatic heterocycles. The first-order valence-corrected chi connectivity index (χ1v) is 8.50. The van der Waals surface area contributed by atoms with Crippen LogP contribution in [0.1, 0.15) is 5.69 Å². The molecule has 7 nitrogen and oxygen atoms in total. The molecule has 2 N–H and O–H groups in total. The molecule has 1 aliphatic rings. The standard InChI is InChI=1S/C13H24N4O3S/c1-14-7-11-6-13(10-17(11)3)21(18,19)15-8-12-9-16(2)4-5-20-12/h6,10,12,14-15H,4-5,7-9H2,1-3H3. The van der Waals surface area contributed by atoms with Gasteiger partial charge in [0, 0.05) is 45.1 Å². The minimum Gasteiger partial charge on any atom is -0.374 e. The molecule has 120 valence electrons. The summed E-state index contributed by atoms with van der Waals surface area (Å²) in [6.45, 7) is 3.18. The Kier molecular flexibility index (Phi) is 5.39. The molecule has 8 heteroatoms. The van der Waals surface area contributed by atoms with E-state index in [9.17, 15) is 8.42 Å². The van der Waals surface area contributed by atoms with Crippen LogP contribution in [0.25, 0.3) is 0 Å². The van der Waals surface area contributed by atoms with E-state index < -0.39 is 10.0 Å². The zero-order valence-electron chi connectivity index (χ0n) is 12.8. The van der Waals surface area contributed by atoms with E-state index in [4.69, 9.17) is 4.74 Å². The third-order valence-corrected chi connectivity index (χ3v) is 4.98. The molecule has 2 rings (SSSR count). The van der Waals surface area contributed by atoms with Gasteiger partial charge in [-0.1, -0.05) is 0 Å². The van der Waals surface area contributed by atoms with Crippen LogP contribution < -0.4 is 10.0 Å². The van der Waals surface area contributed by atoms with E-state index in [0.29, 0.717) is 24.6 Å². The van der Waals surface area contributed by atoms with Crippen LogP contribution in [0.5, 0.6) is 0 Å². The number of hydrogen-bond acceptors (Lipinski definition) is 5. The number of nitrogens with one attached hydrogen (secondary N) is 2. The van der Waals surface area contributed by atoms with Crippen LogP contribution in [-0.4, -0.2) is 64.3 Å². The van der Waals surface area contributed by atoms with Crippen molar-refractivity contribution in [2.45, 2.75) is 17.5 Å². The summed E-state index contributed by atoms with van der Waals surface area (Å²) < 4.78 is 34.6. The summed E-state index contributed by atoms with van der Waals surface area (Å²) >= 11 is 0. The zero-order chi connectivity index (χ0) is 15.5. The second-order valence-corrected chi connectivity index (χ2v) is 7.18. The summed E-state index contributed by atoms with van der Waals surface area (Å²) in [6, 6.07) is 1.69. The highest BCUT2D eigenvalue weighted by Gasteiger charge is 2.22. The zero-order valence-corrected chi connectivity index (χ0v) is 13.6. The molecule has 0 saturated carbocycles. The Morgan fingerprint density at radius 3 is 2.86 bits per heavy atom. The lowest BCUT2D eigenvalue weighted by molar-refractivity contribution is -0.0156. The van der Waals surface area contributed by atoms with E-state index in [-0.39, 0.29) is 6.10 Å². The summed E-state index contributed by atoms with van der Waals surface area (Å²) in [5, 5.41) is 3.02. The molecule has 1 aliphatic heterocycles. The number of sulfonamides is 1. The lowest BCUT2D eigenvalue weighted by Gasteiger charge is -2.29. The fraction of sp³-hybridized carbons (Fsp3) is 0.692. The van der Waals surface area contributed by atoms with Crippen LogP contribution in [-0.2, 0) is 28.4 Å². The molecule has 21 heavy (non-hydrogen) atoms. The number of rotatable bonds is 6. The highest BCUT2D eigenvalue weighted by atomic mass is 32.2. The van der Waals surface area contributed by atoms with Crippen molar-refractivity contribution >= 4 is 10.0 Å². The molecule has 1 saturated heterocycles. The van der Waals surface area contributed by atoms with Crippen molar-refractivity contribution in [3.8, 4) is 0 Å². The number of aryl methyl sites for hydroxylation is 1. The molecule has 2 heterocycles. The summed E-state index contributed by atoms with van der Waals surface area (Å²) in [5.74, 6) is 0. The van der Waals surface area contributed by atoms with Crippen molar-refractivity contribution in [2.24, 2.45) is 7.05 Å². The van der Waals surface area contributed by atoms with Crippen molar-refractivity contribution in [1.29, 1.82) is 0 Å². The van der Waals surface area contributed by atoms with Crippen molar-refractivity contribution in [3.63, 3.8) is 0 Å². The first kappa shape index (κ1) is 16.4. The second-order valence-electron chi connectivity index (χ2n) is 5.42. The maximum atomic E-state index is 12.3. The summed E-state index contributed by atoms with van der Waals surface area (Å²) in [7, 11) is 2.18. The molecule has 1 aromatic rings. The molecule has 1 fully saturated rings. The maximum absolute atomic E-state index is 12.3. The van der Waals surface area contributed by atoms with Crippen LogP contribution in [0.3, 0.4) is 0 Å². The maximum Gasteiger partial charge on any atom is 0.242 e. The van der Waals surface area contributed by atoms with E-state index in [1.807, 2.05) is 25.7 Å². The minimum atomic E-state index is -3.49. The number of aromatic nitrogens is 1. The molecular formula is C13H24N4O3S. The van der Waals surface area contributed by atoms with E-state index in [1.54, 1.807) is 12.3 Å². The highest BCUT2D eigenvalue weighted by molar-refractivity contribution is 7.89. The van der Waals surface area contributed by atoms with Gasteiger partial charge in [0.25, 0.3) is 0 Å². The predicted molar refractivity (Wildman–Crippen MR) is 80.6 cm³/mol. The Balaban J connectivity index is 1.99. The van der Waals surface area contributed by atoms with Crippen LogP contribution in [0, 0.1) is 0 Å². The third-order valence-electron chi connectivity index (χ3n) is 3.59. The lowest BCUT2D eigenvalue weighted by atomic mass is 10.3. The monoisotopic (exact) mass is 316 g/mol. The van der Waals surface area contributed by atoms with Gasteiger partial charge in [-0.25, -0.2) is 13.1 Å². The van der Waals surface area contributed by atoms with Crippen molar-refractivity contribution < 1.29 is 13.2 Å².